The van der Waals surface area contributed by atoms with Crippen LogP contribution in [0.15, 0.2) is 146 Å². The Hall–Kier alpha value is -5.48. The molecule has 0 saturated carbocycles. The van der Waals surface area contributed by atoms with Crippen molar-refractivity contribution >= 4 is 38.9 Å². The molecule has 4 nitrogen and oxygen atoms in total. The van der Waals surface area contributed by atoms with Crippen molar-refractivity contribution in [3.8, 4) is 17.2 Å². The fourth-order valence-corrected chi connectivity index (χ4v) is 8.55. The molecule has 1 aromatic heterocycles. The lowest BCUT2D eigenvalue weighted by Crippen LogP contribution is -2.55. The molecular weight excluding hydrogens is 601 g/mol. The first-order valence-electron chi connectivity index (χ1n) is 17.3. The van der Waals surface area contributed by atoms with Gasteiger partial charge in [-0.15, -0.1) is 0 Å². The summed E-state index contributed by atoms with van der Waals surface area (Å²) in [6, 6.07) is 51.8. The van der Waals surface area contributed by atoms with Crippen molar-refractivity contribution in [2.24, 2.45) is 0 Å². The van der Waals surface area contributed by atoms with E-state index in [9.17, 15) is 0 Å². The van der Waals surface area contributed by atoms with E-state index in [4.69, 9.17) is 9.47 Å². The fourth-order valence-electron chi connectivity index (χ4n) is 8.55. The third-order valence-electron chi connectivity index (χ3n) is 10.5. The average molecular weight is 641 g/mol. The van der Waals surface area contributed by atoms with Crippen LogP contribution in [0.1, 0.15) is 51.7 Å². The first kappa shape index (κ1) is 29.6. The maximum Gasteiger partial charge on any atom is 0.252 e. The van der Waals surface area contributed by atoms with Gasteiger partial charge in [-0.25, -0.2) is 0 Å². The van der Waals surface area contributed by atoms with Crippen molar-refractivity contribution in [1.82, 2.24) is 4.57 Å². The number of fused-ring (bicyclic) bond motifs is 5. The molecule has 0 aliphatic carbocycles. The summed E-state index contributed by atoms with van der Waals surface area (Å²) in [7, 11) is 0. The van der Waals surface area contributed by atoms with Gasteiger partial charge in [0.2, 0.25) is 0 Å². The van der Waals surface area contributed by atoms with E-state index >= 15 is 0 Å². The number of nitrogens with zero attached hydrogens (tertiary/aromatic N) is 2. The molecule has 0 saturated heterocycles. The Balaban J connectivity index is 1.15. The largest absolute Gasteiger partial charge is 0.452 e. The van der Waals surface area contributed by atoms with Crippen molar-refractivity contribution in [1.29, 1.82) is 0 Å². The molecule has 0 radical (unpaired) electrons. The quantitative estimate of drug-likeness (QED) is 0.191. The summed E-state index contributed by atoms with van der Waals surface area (Å²) >= 11 is 0. The standard InChI is InChI=1S/C45H40N2O2/c1-43(2)29-45(48-41-27-33(23-25-37(41)43)46(31-15-7-5-8-16-31)32-17-9-6-10-18-32)30-44(3,4)38-26-24-34(28-42(38)49-45)47-39-21-13-11-19-35(39)36-20-12-14-22-40(36)47/h5-28H,29-30H2,1-4H3. The number of hydrogen-bond donors (Lipinski definition) is 0. The Morgan fingerprint density at radius 1 is 0.490 bits per heavy atom. The molecular formula is C45H40N2O2. The Bertz CT molecular complexity index is 2260. The second-order valence-electron chi connectivity index (χ2n) is 15.0. The van der Waals surface area contributed by atoms with Gasteiger partial charge in [-0.1, -0.05) is 113 Å². The van der Waals surface area contributed by atoms with Crippen LogP contribution in [0.3, 0.4) is 0 Å². The molecule has 0 bridgehead atoms. The monoisotopic (exact) mass is 640 g/mol. The van der Waals surface area contributed by atoms with Crippen LogP contribution in [0.4, 0.5) is 17.1 Å². The molecule has 4 heteroatoms. The lowest BCUT2D eigenvalue weighted by atomic mass is 9.69. The normalized spacial score (nSPS) is 18.8. The number of rotatable bonds is 4. The topological polar surface area (TPSA) is 26.6 Å². The van der Waals surface area contributed by atoms with Crippen LogP contribution in [0.5, 0.6) is 11.5 Å². The molecule has 2 aliphatic rings. The van der Waals surface area contributed by atoms with Gasteiger partial charge in [-0.3, -0.25) is 0 Å². The van der Waals surface area contributed by atoms with E-state index in [0.29, 0.717) is 0 Å². The summed E-state index contributed by atoms with van der Waals surface area (Å²) in [5, 5.41) is 2.50. The first-order valence-corrected chi connectivity index (χ1v) is 17.3. The highest BCUT2D eigenvalue weighted by molar-refractivity contribution is 6.09. The summed E-state index contributed by atoms with van der Waals surface area (Å²) in [5.74, 6) is 0.944. The van der Waals surface area contributed by atoms with Crippen molar-refractivity contribution in [3.05, 3.63) is 157 Å². The smallest absolute Gasteiger partial charge is 0.252 e. The van der Waals surface area contributed by atoms with Crippen LogP contribution in [-0.4, -0.2) is 10.4 Å². The number of para-hydroxylation sites is 4. The summed E-state index contributed by atoms with van der Waals surface area (Å²) in [5.41, 5.74) is 8.78. The average Bonchev–Trinajstić information content (AvgIpc) is 3.43. The zero-order chi connectivity index (χ0) is 33.4. The molecule has 0 N–H and O–H groups in total. The summed E-state index contributed by atoms with van der Waals surface area (Å²) in [4.78, 5) is 2.29. The fraction of sp³-hybridized carbons (Fsp3) is 0.200. The molecule has 9 rings (SSSR count). The highest BCUT2D eigenvalue weighted by atomic mass is 16.7. The van der Waals surface area contributed by atoms with Gasteiger partial charge in [0.25, 0.3) is 5.79 Å². The minimum absolute atomic E-state index is 0.168. The van der Waals surface area contributed by atoms with Crippen LogP contribution in [0.2, 0.25) is 0 Å². The molecule has 242 valence electrons. The predicted molar refractivity (Wildman–Crippen MR) is 201 cm³/mol. The van der Waals surface area contributed by atoms with E-state index in [0.717, 1.165) is 47.1 Å². The Labute approximate surface area is 288 Å². The van der Waals surface area contributed by atoms with Gasteiger partial charge >= 0.3 is 0 Å². The highest BCUT2D eigenvalue weighted by Gasteiger charge is 2.53. The second-order valence-corrected chi connectivity index (χ2v) is 15.0. The highest BCUT2D eigenvalue weighted by Crippen LogP contribution is 2.55. The van der Waals surface area contributed by atoms with Gasteiger partial charge in [0.1, 0.15) is 11.5 Å². The van der Waals surface area contributed by atoms with Crippen LogP contribution < -0.4 is 14.4 Å². The van der Waals surface area contributed by atoms with E-state index in [1.165, 1.54) is 32.9 Å². The number of anilines is 3. The third-order valence-corrected chi connectivity index (χ3v) is 10.5. The molecule has 1 unspecified atom stereocenters. The summed E-state index contributed by atoms with van der Waals surface area (Å²) in [6.07, 6.45) is 1.49. The van der Waals surface area contributed by atoms with Gasteiger partial charge in [-0.2, -0.15) is 0 Å². The minimum atomic E-state index is -0.824. The summed E-state index contributed by atoms with van der Waals surface area (Å²) < 4.78 is 16.7. The third kappa shape index (κ3) is 4.81. The number of ether oxygens (including phenoxy) is 2. The van der Waals surface area contributed by atoms with Gasteiger partial charge in [0.05, 0.1) is 11.0 Å². The van der Waals surface area contributed by atoms with E-state index in [2.05, 4.69) is 183 Å². The van der Waals surface area contributed by atoms with Gasteiger partial charge in [0, 0.05) is 80.5 Å². The van der Waals surface area contributed by atoms with Gasteiger partial charge in [0.15, 0.2) is 0 Å². The number of benzene rings is 6. The molecule has 0 fully saturated rings. The first-order chi connectivity index (χ1) is 23.7. The summed E-state index contributed by atoms with van der Waals surface area (Å²) in [6.45, 7) is 9.29. The molecule has 49 heavy (non-hydrogen) atoms. The van der Waals surface area contributed by atoms with Crippen molar-refractivity contribution in [2.75, 3.05) is 4.90 Å². The number of aromatic nitrogens is 1. The minimum Gasteiger partial charge on any atom is -0.452 e. The molecule has 6 aromatic carbocycles. The molecule has 0 amide bonds. The van der Waals surface area contributed by atoms with Crippen LogP contribution >= 0.6 is 0 Å². The molecule has 1 spiro atoms. The predicted octanol–water partition coefficient (Wildman–Crippen LogP) is 11.8. The van der Waals surface area contributed by atoms with E-state index in [1.54, 1.807) is 0 Å². The lowest BCUT2D eigenvalue weighted by molar-refractivity contribution is -0.166. The zero-order valence-corrected chi connectivity index (χ0v) is 28.5. The Morgan fingerprint density at radius 3 is 1.51 bits per heavy atom. The molecule has 7 aromatic rings. The van der Waals surface area contributed by atoms with Gasteiger partial charge in [-0.05, 0) is 48.5 Å². The van der Waals surface area contributed by atoms with Crippen LogP contribution in [-0.2, 0) is 10.8 Å². The number of hydrogen-bond acceptors (Lipinski definition) is 3. The maximum atomic E-state index is 7.17. The van der Waals surface area contributed by atoms with E-state index in [1.807, 2.05) is 0 Å². The maximum absolute atomic E-state index is 7.17. The molecule has 3 heterocycles. The SMILES string of the molecule is CC1(C)CC2(CC(C)(C)c3ccc(-n4c5ccccc5c5ccccc54)cc3O2)Oc2cc(N(c3ccccc3)c3ccccc3)ccc21. The van der Waals surface area contributed by atoms with Crippen molar-refractivity contribution in [2.45, 2.75) is 57.2 Å². The Kier molecular flexibility index (Phi) is 6.51. The van der Waals surface area contributed by atoms with Crippen molar-refractivity contribution in [3.63, 3.8) is 0 Å². The van der Waals surface area contributed by atoms with Crippen molar-refractivity contribution < 1.29 is 9.47 Å². The molecule has 2 aliphatic heterocycles. The van der Waals surface area contributed by atoms with E-state index < -0.39 is 5.79 Å². The van der Waals surface area contributed by atoms with Crippen LogP contribution in [0.25, 0.3) is 27.5 Å². The Morgan fingerprint density at radius 2 is 0.959 bits per heavy atom. The molecule has 1 atom stereocenters. The van der Waals surface area contributed by atoms with Crippen LogP contribution in [0, 0.1) is 0 Å². The lowest BCUT2D eigenvalue weighted by Gasteiger charge is -2.51. The second kappa shape index (κ2) is 10.8. The zero-order valence-electron chi connectivity index (χ0n) is 28.5. The van der Waals surface area contributed by atoms with Gasteiger partial charge < -0.3 is 18.9 Å². The van der Waals surface area contributed by atoms with E-state index in [-0.39, 0.29) is 10.8 Å².